The maximum Gasteiger partial charge on any atom is 0.306 e. The molecule has 1 aromatic rings. The molecular weight excluding hydrogens is 273 g/mol. The molecule has 5 heteroatoms. The Morgan fingerprint density at radius 1 is 1.29 bits per heavy atom. The summed E-state index contributed by atoms with van der Waals surface area (Å²) in [5, 5.41) is 11.7. The minimum atomic E-state index is -0.729. The van der Waals surface area contributed by atoms with E-state index in [0.29, 0.717) is 36.4 Å². The van der Waals surface area contributed by atoms with Gasteiger partial charge in [-0.3, -0.25) is 9.59 Å². The van der Waals surface area contributed by atoms with Gasteiger partial charge in [0.2, 0.25) is 0 Å². The average molecular weight is 293 g/mol. The van der Waals surface area contributed by atoms with E-state index in [-0.39, 0.29) is 17.6 Å². The number of hydrogen-bond acceptors (Lipinski definition) is 2. The van der Waals surface area contributed by atoms with Gasteiger partial charge in [-0.2, -0.15) is 0 Å². The number of carbonyl (C=O) groups excluding carboxylic acids is 1. The molecule has 2 rings (SSSR count). The third-order valence-electron chi connectivity index (χ3n) is 4.18. The number of carboxylic acid groups (broad SMARTS) is 1. The highest BCUT2D eigenvalue weighted by atomic mass is 19.1. The number of amides is 1. The topological polar surface area (TPSA) is 66.4 Å². The third kappa shape index (κ3) is 4.03. The van der Waals surface area contributed by atoms with Crippen LogP contribution in [0.3, 0.4) is 0 Å². The van der Waals surface area contributed by atoms with Gasteiger partial charge in [0.25, 0.3) is 5.91 Å². The molecule has 1 aliphatic rings. The summed E-state index contributed by atoms with van der Waals surface area (Å²) in [7, 11) is 0. The van der Waals surface area contributed by atoms with Gasteiger partial charge in [-0.05, 0) is 56.2 Å². The first-order valence-corrected chi connectivity index (χ1v) is 7.24. The van der Waals surface area contributed by atoms with E-state index in [9.17, 15) is 14.0 Å². The SMILES string of the molecule is Cc1ccc(C(=O)NCC2CCC(C(=O)O)CC2)cc1F. The van der Waals surface area contributed by atoms with Crippen LogP contribution in [-0.2, 0) is 4.79 Å². The zero-order valence-corrected chi connectivity index (χ0v) is 12.1. The molecule has 0 heterocycles. The van der Waals surface area contributed by atoms with Crippen LogP contribution in [0.1, 0.15) is 41.6 Å². The molecule has 2 N–H and O–H groups in total. The summed E-state index contributed by atoms with van der Waals surface area (Å²) in [6.07, 6.45) is 2.93. The predicted molar refractivity (Wildman–Crippen MR) is 76.6 cm³/mol. The number of nitrogens with one attached hydrogen (secondary N) is 1. The number of halogens is 1. The largest absolute Gasteiger partial charge is 0.481 e. The monoisotopic (exact) mass is 293 g/mol. The van der Waals surface area contributed by atoms with Gasteiger partial charge in [-0.15, -0.1) is 0 Å². The van der Waals surface area contributed by atoms with Crippen LogP contribution in [-0.4, -0.2) is 23.5 Å². The molecule has 1 aliphatic carbocycles. The van der Waals surface area contributed by atoms with E-state index in [0.717, 1.165) is 12.8 Å². The number of rotatable bonds is 4. The molecule has 4 nitrogen and oxygen atoms in total. The van der Waals surface area contributed by atoms with E-state index in [1.807, 2.05) is 0 Å². The maximum atomic E-state index is 13.4. The number of aliphatic carboxylic acids is 1. The van der Waals surface area contributed by atoms with Gasteiger partial charge in [-0.1, -0.05) is 6.07 Å². The Hall–Kier alpha value is -1.91. The summed E-state index contributed by atoms with van der Waals surface area (Å²) >= 11 is 0. The van der Waals surface area contributed by atoms with Crippen LogP contribution in [0.25, 0.3) is 0 Å². The molecule has 1 amide bonds. The molecule has 1 saturated carbocycles. The summed E-state index contributed by atoms with van der Waals surface area (Å²) < 4.78 is 13.4. The van der Waals surface area contributed by atoms with E-state index >= 15 is 0 Å². The van der Waals surface area contributed by atoms with Crippen LogP contribution >= 0.6 is 0 Å². The van der Waals surface area contributed by atoms with Crippen LogP contribution in [0.4, 0.5) is 4.39 Å². The smallest absolute Gasteiger partial charge is 0.306 e. The summed E-state index contributed by atoms with van der Waals surface area (Å²) in [5.74, 6) is -1.34. The molecule has 0 bridgehead atoms. The second-order valence-electron chi connectivity index (χ2n) is 5.73. The molecule has 114 valence electrons. The number of benzene rings is 1. The molecule has 1 aromatic carbocycles. The predicted octanol–water partition coefficient (Wildman–Crippen LogP) is 2.75. The highest BCUT2D eigenvalue weighted by molar-refractivity contribution is 5.94. The summed E-state index contributed by atoms with van der Waals surface area (Å²) in [5.41, 5.74) is 0.830. The minimum absolute atomic E-state index is 0.247. The van der Waals surface area contributed by atoms with Gasteiger partial charge in [0.1, 0.15) is 5.82 Å². The quantitative estimate of drug-likeness (QED) is 0.897. The van der Waals surface area contributed by atoms with Crippen molar-refractivity contribution in [1.29, 1.82) is 0 Å². The van der Waals surface area contributed by atoms with Crippen LogP contribution in [0.15, 0.2) is 18.2 Å². The van der Waals surface area contributed by atoms with Gasteiger partial charge in [-0.25, -0.2) is 4.39 Å². The molecule has 1 fully saturated rings. The molecule has 0 atom stereocenters. The van der Waals surface area contributed by atoms with Crippen LogP contribution in [0.5, 0.6) is 0 Å². The molecule has 0 aromatic heterocycles. The summed E-state index contributed by atoms with van der Waals surface area (Å²) in [4.78, 5) is 22.8. The minimum Gasteiger partial charge on any atom is -0.481 e. The highest BCUT2D eigenvalue weighted by Crippen LogP contribution is 2.28. The molecule has 0 radical (unpaired) electrons. The molecule has 0 unspecified atom stereocenters. The van der Waals surface area contributed by atoms with Crippen molar-refractivity contribution in [2.24, 2.45) is 11.8 Å². The first-order valence-electron chi connectivity index (χ1n) is 7.24. The van der Waals surface area contributed by atoms with Crippen LogP contribution < -0.4 is 5.32 Å². The van der Waals surface area contributed by atoms with Gasteiger partial charge in [0, 0.05) is 12.1 Å². The Labute approximate surface area is 123 Å². The third-order valence-corrected chi connectivity index (χ3v) is 4.18. The normalized spacial score (nSPS) is 21.8. The summed E-state index contributed by atoms with van der Waals surface area (Å²) in [6.45, 7) is 2.17. The van der Waals surface area contributed by atoms with Crippen molar-refractivity contribution < 1.29 is 19.1 Å². The Morgan fingerprint density at radius 2 is 1.95 bits per heavy atom. The molecule has 0 aliphatic heterocycles. The lowest BCUT2D eigenvalue weighted by Gasteiger charge is -2.26. The molecule has 21 heavy (non-hydrogen) atoms. The Kier molecular flexibility index (Phi) is 4.94. The summed E-state index contributed by atoms with van der Waals surface area (Å²) in [6, 6.07) is 4.43. The van der Waals surface area contributed by atoms with Crippen molar-refractivity contribution in [1.82, 2.24) is 5.32 Å². The zero-order chi connectivity index (χ0) is 15.4. The van der Waals surface area contributed by atoms with Crippen molar-refractivity contribution >= 4 is 11.9 Å². The van der Waals surface area contributed by atoms with E-state index < -0.39 is 5.97 Å². The van der Waals surface area contributed by atoms with Crippen molar-refractivity contribution in [2.45, 2.75) is 32.6 Å². The van der Waals surface area contributed by atoms with Gasteiger partial charge >= 0.3 is 5.97 Å². The van der Waals surface area contributed by atoms with E-state index in [1.54, 1.807) is 19.1 Å². The number of aryl methyl sites for hydroxylation is 1. The van der Waals surface area contributed by atoms with Crippen molar-refractivity contribution in [2.75, 3.05) is 6.54 Å². The van der Waals surface area contributed by atoms with Crippen LogP contribution in [0.2, 0.25) is 0 Å². The van der Waals surface area contributed by atoms with E-state index in [2.05, 4.69) is 5.32 Å². The lowest BCUT2D eigenvalue weighted by molar-refractivity contribution is -0.143. The lowest BCUT2D eigenvalue weighted by Crippen LogP contribution is -2.32. The standard InChI is InChI=1S/C16H20FNO3/c1-10-2-5-13(8-14(10)17)15(19)18-9-11-3-6-12(7-4-11)16(20)21/h2,5,8,11-12H,3-4,6-7,9H2,1H3,(H,18,19)(H,20,21). The zero-order valence-electron chi connectivity index (χ0n) is 12.1. The average Bonchev–Trinajstić information content (AvgIpc) is 2.48. The molecular formula is C16H20FNO3. The Morgan fingerprint density at radius 3 is 2.52 bits per heavy atom. The fourth-order valence-electron chi connectivity index (χ4n) is 2.69. The second-order valence-corrected chi connectivity index (χ2v) is 5.73. The van der Waals surface area contributed by atoms with Gasteiger partial charge in [0.05, 0.1) is 5.92 Å². The molecule has 0 saturated heterocycles. The Balaban J connectivity index is 1.82. The van der Waals surface area contributed by atoms with Gasteiger partial charge in [0.15, 0.2) is 0 Å². The van der Waals surface area contributed by atoms with E-state index in [1.165, 1.54) is 6.07 Å². The van der Waals surface area contributed by atoms with E-state index in [4.69, 9.17) is 5.11 Å². The molecule has 0 spiro atoms. The number of carbonyl (C=O) groups is 2. The first kappa shape index (κ1) is 15.5. The fraction of sp³-hybridized carbons (Fsp3) is 0.500. The Bertz CT molecular complexity index is 536. The number of hydrogen-bond donors (Lipinski definition) is 2. The second kappa shape index (κ2) is 6.70. The first-order chi connectivity index (χ1) is 9.97. The lowest BCUT2D eigenvalue weighted by atomic mass is 9.82. The van der Waals surface area contributed by atoms with Crippen molar-refractivity contribution in [3.05, 3.63) is 35.1 Å². The van der Waals surface area contributed by atoms with Crippen LogP contribution in [0, 0.1) is 24.6 Å². The van der Waals surface area contributed by atoms with Crippen molar-refractivity contribution in [3.63, 3.8) is 0 Å². The van der Waals surface area contributed by atoms with Crippen molar-refractivity contribution in [3.8, 4) is 0 Å². The maximum absolute atomic E-state index is 13.4. The highest BCUT2D eigenvalue weighted by Gasteiger charge is 2.26. The number of carboxylic acids is 1. The fourth-order valence-corrected chi connectivity index (χ4v) is 2.69. The van der Waals surface area contributed by atoms with Gasteiger partial charge < -0.3 is 10.4 Å².